The Morgan fingerprint density at radius 1 is 1.05 bits per heavy atom. The maximum atomic E-state index is 15.1. The Morgan fingerprint density at radius 3 is 2.51 bits per heavy atom. The van der Waals surface area contributed by atoms with Gasteiger partial charge in [0.2, 0.25) is 5.91 Å². The van der Waals surface area contributed by atoms with Crippen LogP contribution in [-0.4, -0.2) is 20.9 Å². The Balaban J connectivity index is 1.51. The first-order valence-corrected chi connectivity index (χ1v) is 11.7. The second kappa shape index (κ2) is 11.2. The summed E-state index contributed by atoms with van der Waals surface area (Å²) in [6, 6.07) is 12.3. The van der Waals surface area contributed by atoms with Gasteiger partial charge in [0.25, 0.3) is 0 Å². The normalized spacial score (nSPS) is 11.7. The van der Waals surface area contributed by atoms with Crippen molar-refractivity contribution in [3.63, 3.8) is 0 Å². The summed E-state index contributed by atoms with van der Waals surface area (Å²) in [6.45, 7) is 3.73. The van der Waals surface area contributed by atoms with E-state index in [0.717, 1.165) is 34.7 Å². The summed E-state index contributed by atoms with van der Waals surface area (Å²) in [4.78, 5) is 24.3. The summed E-state index contributed by atoms with van der Waals surface area (Å²) >= 11 is 0. The maximum absolute atomic E-state index is 15.1. The Kier molecular flexibility index (Phi) is 7.81. The lowest BCUT2D eigenvalue weighted by Crippen LogP contribution is -2.15. The zero-order valence-electron chi connectivity index (χ0n) is 20.8. The predicted molar refractivity (Wildman–Crippen MR) is 138 cm³/mol. The van der Waals surface area contributed by atoms with E-state index in [-0.39, 0.29) is 17.7 Å². The van der Waals surface area contributed by atoms with Crippen LogP contribution >= 0.6 is 0 Å². The molecule has 0 saturated heterocycles. The molecule has 0 saturated carbocycles. The fourth-order valence-corrected chi connectivity index (χ4v) is 3.81. The standard InChI is InChI=1S/C29H21F4N5O/c1-17(20-4-5-24(12-34)37-13-20)7-21-10-22(14-36-18(21)2)26-6-3-19(8-27(26)30)9-28(39)38-25-11-23(15-35-16-25)29(31,32)33/h3-8,10-11,13-16H,9H2,1-2H3,(H,38,39)/b17-7+. The lowest BCUT2D eigenvalue weighted by atomic mass is 9.99. The lowest BCUT2D eigenvalue weighted by Gasteiger charge is -2.11. The van der Waals surface area contributed by atoms with Crippen LogP contribution in [0.3, 0.4) is 0 Å². The zero-order chi connectivity index (χ0) is 28.2. The number of aromatic nitrogens is 3. The quantitative estimate of drug-likeness (QED) is 0.283. The number of benzene rings is 1. The molecule has 0 aliphatic rings. The van der Waals surface area contributed by atoms with Crippen LogP contribution in [0.15, 0.2) is 67.3 Å². The fourth-order valence-electron chi connectivity index (χ4n) is 3.81. The number of nitrogens with one attached hydrogen (secondary N) is 1. The topological polar surface area (TPSA) is 91.6 Å². The number of aryl methyl sites for hydroxylation is 1. The average Bonchev–Trinajstić information content (AvgIpc) is 2.90. The first-order chi connectivity index (χ1) is 18.5. The van der Waals surface area contributed by atoms with Crippen LogP contribution in [0.2, 0.25) is 0 Å². The lowest BCUT2D eigenvalue weighted by molar-refractivity contribution is -0.137. The highest BCUT2D eigenvalue weighted by Crippen LogP contribution is 2.30. The molecular weight excluding hydrogens is 510 g/mol. The van der Waals surface area contributed by atoms with Crippen LogP contribution in [-0.2, 0) is 17.4 Å². The average molecular weight is 532 g/mol. The monoisotopic (exact) mass is 531 g/mol. The molecule has 39 heavy (non-hydrogen) atoms. The number of hydrogen-bond donors (Lipinski definition) is 1. The van der Waals surface area contributed by atoms with E-state index in [0.29, 0.717) is 23.0 Å². The summed E-state index contributed by atoms with van der Waals surface area (Å²) in [5.74, 6) is -1.19. The number of halogens is 4. The van der Waals surface area contributed by atoms with Crippen molar-refractivity contribution in [1.82, 2.24) is 15.0 Å². The number of hydrogen-bond acceptors (Lipinski definition) is 5. The third kappa shape index (κ3) is 6.70. The first-order valence-electron chi connectivity index (χ1n) is 11.7. The van der Waals surface area contributed by atoms with Crippen molar-refractivity contribution in [2.24, 2.45) is 0 Å². The molecule has 1 aromatic carbocycles. The van der Waals surface area contributed by atoms with E-state index in [9.17, 15) is 18.0 Å². The number of carbonyl (C=O) groups is 1. The number of alkyl halides is 3. The van der Waals surface area contributed by atoms with Crippen molar-refractivity contribution in [3.05, 3.63) is 107 Å². The number of nitriles is 1. The van der Waals surface area contributed by atoms with Crippen LogP contribution < -0.4 is 5.32 Å². The third-order valence-corrected chi connectivity index (χ3v) is 5.89. The van der Waals surface area contributed by atoms with Crippen molar-refractivity contribution >= 4 is 23.2 Å². The van der Waals surface area contributed by atoms with E-state index in [1.165, 1.54) is 12.1 Å². The van der Waals surface area contributed by atoms with Crippen molar-refractivity contribution < 1.29 is 22.4 Å². The van der Waals surface area contributed by atoms with Gasteiger partial charge in [-0.3, -0.25) is 14.8 Å². The smallest absolute Gasteiger partial charge is 0.324 e. The molecule has 1 N–H and O–H groups in total. The van der Waals surface area contributed by atoms with Crippen LogP contribution in [0.5, 0.6) is 0 Å². The molecule has 0 bridgehead atoms. The molecule has 4 aromatic rings. The Bertz CT molecular complexity index is 1610. The van der Waals surface area contributed by atoms with Crippen LogP contribution in [0.25, 0.3) is 22.8 Å². The van der Waals surface area contributed by atoms with Gasteiger partial charge in [-0.25, -0.2) is 9.37 Å². The molecule has 0 atom stereocenters. The number of anilines is 1. The minimum Gasteiger partial charge on any atom is -0.324 e. The van der Waals surface area contributed by atoms with Gasteiger partial charge in [0.1, 0.15) is 17.6 Å². The summed E-state index contributed by atoms with van der Waals surface area (Å²) in [6.07, 6.45) is 1.99. The minimum atomic E-state index is -4.59. The molecule has 196 valence electrons. The van der Waals surface area contributed by atoms with Crippen molar-refractivity contribution in [2.75, 3.05) is 5.32 Å². The number of pyridine rings is 3. The van der Waals surface area contributed by atoms with Gasteiger partial charge < -0.3 is 5.32 Å². The SMILES string of the molecule is C/C(=C\c1cc(-c2ccc(CC(=O)Nc3cncc(C(F)(F)F)c3)cc2F)cnc1C)c1ccc(C#N)nc1. The van der Waals surface area contributed by atoms with E-state index in [4.69, 9.17) is 5.26 Å². The minimum absolute atomic E-state index is 0.106. The maximum Gasteiger partial charge on any atom is 0.417 e. The number of carbonyl (C=O) groups excluding carboxylic acids is 1. The molecular formula is C29H21F4N5O. The predicted octanol–water partition coefficient (Wildman–Crippen LogP) is 6.62. The second-order valence-corrected chi connectivity index (χ2v) is 8.77. The van der Waals surface area contributed by atoms with Crippen LogP contribution in [0.1, 0.15) is 40.6 Å². The highest BCUT2D eigenvalue weighted by molar-refractivity contribution is 5.92. The van der Waals surface area contributed by atoms with Gasteiger partial charge >= 0.3 is 6.18 Å². The van der Waals surface area contributed by atoms with Gasteiger partial charge in [-0.05, 0) is 66.5 Å². The molecule has 0 aliphatic carbocycles. The van der Waals surface area contributed by atoms with E-state index < -0.39 is 23.5 Å². The van der Waals surface area contributed by atoms with Gasteiger partial charge in [0.05, 0.1) is 23.9 Å². The van der Waals surface area contributed by atoms with E-state index in [2.05, 4.69) is 20.3 Å². The van der Waals surface area contributed by atoms with E-state index >= 15 is 4.39 Å². The van der Waals surface area contributed by atoms with E-state index in [1.54, 1.807) is 36.7 Å². The molecule has 0 fully saturated rings. The van der Waals surface area contributed by atoms with Crippen LogP contribution in [0.4, 0.5) is 23.2 Å². The number of nitrogens with zero attached hydrogens (tertiary/aromatic N) is 4. The van der Waals surface area contributed by atoms with Gasteiger partial charge in [0.15, 0.2) is 0 Å². The Morgan fingerprint density at radius 2 is 1.85 bits per heavy atom. The summed E-state index contributed by atoms with van der Waals surface area (Å²) < 4.78 is 53.7. The zero-order valence-corrected chi connectivity index (χ0v) is 20.8. The molecule has 10 heteroatoms. The highest BCUT2D eigenvalue weighted by atomic mass is 19.4. The number of allylic oxidation sites excluding steroid dienone is 1. The second-order valence-electron chi connectivity index (χ2n) is 8.77. The molecule has 1 amide bonds. The van der Waals surface area contributed by atoms with Gasteiger partial charge in [-0.15, -0.1) is 0 Å². The summed E-state index contributed by atoms with van der Waals surface area (Å²) in [7, 11) is 0. The Hall–Kier alpha value is -4.91. The van der Waals surface area contributed by atoms with Gasteiger partial charge in [0, 0.05) is 35.4 Å². The third-order valence-electron chi connectivity index (χ3n) is 5.89. The molecule has 3 heterocycles. The number of amides is 1. The van der Waals surface area contributed by atoms with Crippen LogP contribution in [0, 0.1) is 24.1 Å². The first kappa shape index (κ1) is 27.1. The summed E-state index contributed by atoms with van der Waals surface area (Å²) in [5.41, 5.74) is 3.59. The van der Waals surface area contributed by atoms with Gasteiger partial charge in [-0.2, -0.15) is 18.4 Å². The molecule has 0 aliphatic heterocycles. The number of rotatable bonds is 6. The molecule has 4 rings (SSSR count). The van der Waals surface area contributed by atoms with Crippen molar-refractivity contribution in [1.29, 1.82) is 5.26 Å². The Labute approximate surface area is 221 Å². The fraction of sp³-hybridized carbons (Fsp3) is 0.138. The van der Waals surface area contributed by atoms with E-state index in [1.807, 2.05) is 26.0 Å². The highest BCUT2D eigenvalue weighted by Gasteiger charge is 2.31. The van der Waals surface area contributed by atoms with Crippen molar-refractivity contribution in [2.45, 2.75) is 26.4 Å². The largest absolute Gasteiger partial charge is 0.417 e. The van der Waals surface area contributed by atoms with Crippen molar-refractivity contribution in [3.8, 4) is 17.2 Å². The molecule has 3 aromatic heterocycles. The molecule has 6 nitrogen and oxygen atoms in total. The molecule has 0 radical (unpaired) electrons. The van der Waals surface area contributed by atoms with Gasteiger partial charge in [-0.1, -0.05) is 18.2 Å². The summed E-state index contributed by atoms with van der Waals surface area (Å²) in [5, 5.41) is 11.3. The molecule has 0 unspecified atom stereocenters. The molecule has 0 spiro atoms.